The maximum atomic E-state index is 12.9. The van der Waals surface area contributed by atoms with Crippen LogP contribution in [-0.4, -0.2) is 107 Å². The van der Waals surface area contributed by atoms with Crippen LogP contribution in [0.15, 0.2) is 0 Å². The molecule has 242 valence electrons. The minimum atomic E-state index is -0.993. The summed E-state index contributed by atoms with van der Waals surface area (Å²) in [7, 11) is 1.69. The van der Waals surface area contributed by atoms with Crippen molar-refractivity contribution in [1.82, 2.24) is 10.2 Å². The largest absolute Gasteiger partial charge is 0.383 e. The van der Waals surface area contributed by atoms with Gasteiger partial charge in [-0.3, -0.25) is 9.59 Å². The van der Waals surface area contributed by atoms with E-state index in [-0.39, 0.29) is 76.8 Å². The van der Waals surface area contributed by atoms with Crippen LogP contribution in [-0.2, 0) is 42.9 Å². The zero-order valence-electron chi connectivity index (χ0n) is 25.7. The predicted molar refractivity (Wildman–Crippen MR) is 158 cm³/mol. The first-order valence-electron chi connectivity index (χ1n) is 15.7. The number of ether oxygens (including phenoxy) is 4. The number of unbranched alkanes of at least 4 members (excludes halogenated alkanes) is 7. The number of amides is 2. The summed E-state index contributed by atoms with van der Waals surface area (Å²) in [5.41, 5.74) is -0.993. The highest BCUT2D eigenvalue weighted by Crippen LogP contribution is 2.20. The lowest BCUT2D eigenvalue weighted by Crippen LogP contribution is -2.58. The van der Waals surface area contributed by atoms with Crippen molar-refractivity contribution in [3.63, 3.8) is 0 Å². The summed E-state index contributed by atoms with van der Waals surface area (Å²) in [5.74, 6) is 0.104. The number of hydrogen-bond donors (Lipinski definition) is 1. The molecule has 1 atom stereocenters. The van der Waals surface area contributed by atoms with E-state index in [2.05, 4.69) is 5.32 Å². The lowest BCUT2D eigenvalue weighted by atomic mass is 10.0. The standard InChI is InChI=1S/C31H54N2O9/c1-39-24-28-14-10-17-33(28)30(38)16-9-7-5-3-2-4-6-8-15-29(37)32-31(25-40-21-11-18-34,26-41-22-12-19-35)27-42-23-13-20-36/h18-20,28H,2-17,21-27H2,1H3,(H,32,37). The average molecular weight is 599 g/mol. The van der Waals surface area contributed by atoms with Crippen LogP contribution in [0, 0.1) is 0 Å². The van der Waals surface area contributed by atoms with Crippen LogP contribution in [0.1, 0.15) is 96.3 Å². The minimum absolute atomic E-state index is 0.0755. The smallest absolute Gasteiger partial charge is 0.222 e. The van der Waals surface area contributed by atoms with Crippen molar-refractivity contribution in [3.8, 4) is 0 Å². The molecule has 1 heterocycles. The molecule has 0 saturated carbocycles. The van der Waals surface area contributed by atoms with Gasteiger partial charge < -0.3 is 43.5 Å². The molecule has 1 N–H and O–H groups in total. The number of likely N-dealkylation sites (tertiary alicyclic amines) is 1. The molecular formula is C31H54N2O9. The monoisotopic (exact) mass is 598 g/mol. The Labute approximate surface area is 251 Å². The molecule has 1 aliphatic rings. The van der Waals surface area contributed by atoms with Gasteiger partial charge in [0.2, 0.25) is 11.8 Å². The van der Waals surface area contributed by atoms with E-state index in [1.54, 1.807) is 7.11 Å². The van der Waals surface area contributed by atoms with Crippen LogP contribution < -0.4 is 5.32 Å². The second-order valence-corrected chi connectivity index (χ2v) is 11.0. The van der Waals surface area contributed by atoms with Gasteiger partial charge in [-0.05, 0) is 25.7 Å². The van der Waals surface area contributed by atoms with Crippen molar-refractivity contribution in [2.45, 2.75) is 108 Å². The summed E-state index contributed by atoms with van der Waals surface area (Å²) in [6.07, 6.45) is 14.1. The zero-order chi connectivity index (χ0) is 30.7. The van der Waals surface area contributed by atoms with Gasteiger partial charge in [0, 0.05) is 45.8 Å². The van der Waals surface area contributed by atoms with E-state index in [0.29, 0.717) is 19.4 Å². The number of hydrogen-bond acceptors (Lipinski definition) is 9. The predicted octanol–water partition coefficient (Wildman–Crippen LogP) is 3.20. The van der Waals surface area contributed by atoms with Gasteiger partial charge in [-0.25, -0.2) is 0 Å². The van der Waals surface area contributed by atoms with Gasteiger partial charge in [0.25, 0.3) is 0 Å². The lowest BCUT2D eigenvalue weighted by Gasteiger charge is -2.34. The molecule has 0 spiro atoms. The first-order chi connectivity index (χ1) is 20.5. The third kappa shape index (κ3) is 17.7. The van der Waals surface area contributed by atoms with Crippen LogP contribution in [0.4, 0.5) is 0 Å². The van der Waals surface area contributed by atoms with Crippen molar-refractivity contribution in [1.29, 1.82) is 0 Å². The van der Waals surface area contributed by atoms with Crippen LogP contribution >= 0.6 is 0 Å². The zero-order valence-corrected chi connectivity index (χ0v) is 25.7. The number of rotatable bonds is 29. The van der Waals surface area contributed by atoms with Gasteiger partial charge in [0.05, 0.1) is 52.3 Å². The molecule has 42 heavy (non-hydrogen) atoms. The van der Waals surface area contributed by atoms with Crippen molar-refractivity contribution in [2.75, 3.05) is 59.9 Å². The fourth-order valence-electron chi connectivity index (χ4n) is 5.08. The fraction of sp³-hybridized carbons (Fsp3) is 0.839. The molecule has 1 aliphatic heterocycles. The number of nitrogens with zero attached hydrogens (tertiary/aromatic N) is 1. The van der Waals surface area contributed by atoms with Gasteiger partial charge in [-0.2, -0.15) is 0 Å². The molecule has 11 heteroatoms. The Morgan fingerprint density at radius 3 is 1.71 bits per heavy atom. The first-order valence-corrected chi connectivity index (χ1v) is 15.7. The molecule has 0 aromatic carbocycles. The summed E-state index contributed by atoms with van der Waals surface area (Å²) >= 11 is 0. The molecule has 0 bridgehead atoms. The van der Waals surface area contributed by atoms with Crippen molar-refractivity contribution >= 4 is 30.7 Å². The summed E-state index contributed by atoms with van der Waals surface area (Å²) < 4.78 is 22.1. The average Bonchev–Trinajstić information content (AvgIpc) is 3.45. The maximum absolute atomic E-state index is 12.9. The summed E-state index contributed by atoms with van der Waals surface area (Å²) in [5, 5.41) is 3.01. The normalized spacial score (nSPS) is 15.1. The highest BCUT2D eigenvalue weighted by atomic mass is 16.5. The number of aldehydes is 3. The lowest BCUT2D eigenvalue weighted by molar-refractivity contribution is -0.133. The molecule has 11 nitrogen and oxygen atoms in total. The van der Waals surface area contributed by atoms with Crippen molar-refractivity contribution in [2.24, 2.45) is 0 Å². The van der Waals surface area contributed by atoms with Gasteiger partial charge in [0.1, 0.15) is 24.4 Å². The highest BCUT2D eigenvalue weighted by Gasteiger charge is 2.33. The van der Waals surface area contributed by atoms with Crippen LogP contribution in [0.2, 0.25) is 0 Å². The van der Waals surface area contributed by atoms with Crippen molar-refractivity contribution < 1.29 is 42.9 Å². The first kappa shape index (κ1) is 37.8. The van der Waals surface area contributed by atoms with Gasteiger partial charge in [-0.15, -0.1) is 0 Å². The quantitative estimate of drug-likeness (QED) is 0.102. The molecule has 0 radical (unpaired) electrons. The number of carbonyl (C=O) groups excluding carboxylic acids is 5. The van der Waals surface area contributed by atoms with Gasteiger partial charge in [-0.1, -0.05) is 38.5 Å². The van der Waals surface area contributed by atoms with E-state index >= 15 is 0 Å². The SMILES string of the molecule is COCC1CCCN1C(=O)CCCCCCCCCCC(=O)NC(COCCC=O)(COCCC=O)COCCC=O. The van der Waals surface area contributed by atoms with E-state index < -0.39 is 5.54 Å². The summed E-state index contributed by atoms with van der Waals surface area (Å²) in [4.78, 5) is 59.3. The number of nitrogens with one attached hydrogen (secondary N) is 1. The van der Waals surface area contributed by atoms with E-state index in [0.717, 1.165) is 89.6 Å². The highest BCUT2D eigenvalue weighted by molar-refractivity contribution is 5.77. The van der Waals surface area contributed by atoms with Gasteiger partial charge >= 0.3 is 0 Å². The Kier molecular flexibility index (Phi) is 22.8. The molecule has 1 fully saturated rings. The molecule has 1 saturated heterocycles. The molecule has 2 amide bonds. The minimum Gasteiger partial charge on any atom is -0.383 e. The van der Waals surface area contributed by atoms with E-state index in [9.17, 15) is 24.0 Å². The van der Waals surface area contributed by atoms with E-state index in [1.165, 1.54) is 0 Å². The molecule has 1 rings (SSSR count). The summed E-state index contributed by atoms with van der Waals surface area (Å²) in [6.45, 7) is 2.31. The Bertz CT molecular complexity index is 709. The molecule has 1 unspecified atom stereocenters. The fourth-order valence-corrected chi connectivity index (χ4v) is 5.08. The van der Waals surface area contributed by atoms with Crippen LogP contribution in [0.25, 0.3) is 0 Å². The Morgan fingerprint density at radius 1 is 0.762 bits per heavy atom. The van der Waals surface area contributed by atoms with Crippen LogP contribution in [0.3, 0.4) is 0 Å². The molecule has 0 aromatic heterocycles. The second kappa shape index (κ2) is 25.3. The summed E-state index contributed by atoms with van der Waals surface area (Å²) in [6, 6.07) is 0.242. The van der Waals surface area contributed by atoms with E-state index in [4.69, 9.17) is 18.9 Å². The Hall–Kier alpha value is -2.21. The van der Waals surface area contributed by atoms with Gasteiger partial charge in [0.15, 0.2) is 0 Å². The molecular weight excluding hydrogens is 544 g/mol. The third-order valence-electron chi connectivity index (χ3n) is 7.28. The maximum Gasteiger partial charge on any atom is 0.222 e. The van der Waals surface area contributed by atoms with Crippen LogP contribution in [0.5, 0.6) is 0 Å². The van der Waals surface area contributed by atoms with E-state index in [1.807, 2.05) is 4.90 Å². The molecule has 0 aliphatic carbocycles. The van der Waals surface area contributed by atoms with Crippen molar-refractivity contribution in [3.05, 3.63) is 0 Å². The number of methoxy groups -OCH3 is 1. The second-order valence-electron chi connectivity index (χ2n) is 11.0. The third-order valence-corrected chi connectivity index (χ3v) is 7.28. The number of carbonyl (C=O) groups is 5. The Morgan fingerprint density at radius 2 is 1.24 bits per heavy atom. The molecule has 0 aromatic rings. The topological polar surface area (TPSA) is 138 Å². The Balaban J connectivity index is 2.33.